The molecule has 0 radical (unpaired) electrons. The fourth-order valence-electron chi connectivity index (χ4n) is 3.46. The molecular weight excluding hydrogens is 381 g/mol. The Morgan fingerprint density at radius 3 is 2.62 bits per heavy atom. The highest BCUT2D eigenvalue weighted by atomic mass is 19.1. The van der Waals surface area contributed by atoms with Gasteiger partial charge in [-0.15, -0.1) is 0 Å². The maximum Gasteiger partial charge on any atom is 0.312 e. The van der Waals surface area contributed by atoms with Crippen LogP contribution in [0.3, 0.4) is 0 Å². The summed E-state index contributed by atoms with van der Waals surface area (Å²) in [6.07, 6.45) is 3.39. The molecule has 1 fully saturated rings. The Morgan fingerprint density at radius 2 is 1.93 bits per heavy atom. The third-order valence-corrected chi connectivity index (χ3v) is 4.82. The largest absolute Gasteiger partial charge is 0.493 e. The second-order valence-electron chi connectivity index (χ2n) is 6.49. The van der Waals surface area contributed by atoms with Crippen LogP contribution in [0.5, 0.6) is 17.2 Å². The number of aromatic nitrogens is 4. The van der Waals surface area contributed by atoms with Crippen LogP contribution in [0.15, 0.2) is 18.5 Å². The van der Waals surface area contributed by atoms with Crippen LogP contribution in [0.4, 0.5) is 15.9 Å². The highest BCUT2D eigenvalue weighted by Gasteiger charge is 2.23. The molecular formula is C19H22FN5O4. The molecule has 0 bridgehead atoms. The summed E-state index contributed by atoms with van der Waals surface area (Å²) in [6, 6.07) is 3.44. The number of ether oxygens (including phenoxy) is 4. The molecule has 3 aromatic rings. The lowest BCUT2D eigenvalue weighted by molar-refractivity contribution is -0.0298. The lowest BCUT2D eigenvalue weighted by atomic mass is 10.2. The molecule has 0 aliphatic carbocycles. The number of methoxy groups -OCH3 is 3. The summed E-state index contributed by atoms with van der Waals surface area (Å²) in [6.45, 7) is 0.659. The Bertz CT molecular complexity index is 1020. The van der Waals surface area contributed by atoms with Gasteiger partial charge in [-0.2, -0.15) is 14.4 Å². The van der Waals surface area contributed by atoms with Crippen molar-refractivity contribution in [2.24, 2.45) is 0 Å². The highest BCUT2D eigenvalue weighted by molar-refractivity contribution is 5.86. The average Bonchev–Trinajstić information content (AvgIpc) is 3.17. The number of benzene rings is 1. The minimum absolute atomic E-state index is 0.215. The number of rotatable bonds is 6. The zero-order valence-corrected chi connectivity index (χ0v) is 16.4. The predicted molar refractivity (Wildman–Crippen MR) is 104 cm³/mol. The van der Waals surface area contributed by atoms with E-state index in [9.17, 15) is 4.39 Å². The van der Waals surface area contributed by atoms with E-state index in [0.717, 1.165) is 19.3 Å². The standard InChI is InChI=1S/C19H22FN5O4/c1-26-12-8-7-11(15(27-2)16(12)28-3)22-17-14-18(24-19(20)23-17)25(10-21-14)13-6-4-5-9-29-13/h7-8,10,13H,4-6,9H2,1-3H3,(H,22,23,24). The summed E-state index contributed by atoms with van der Waals surface area (Å²) in [5.74, 6) is 1.53. The number of fused-ring (bicyclic) bond motifs is 1. The lowest BCUT2D eigenvalue weighted by Crippen LogP contribution is -2.18. The molecule has 1 saturated heterocycles. The first kappa shape index (κ1) is 19.2. The van der Waals surface area contributed by atoms with E-state index in [1.807, 2.05) is 0 Å². The van der Waals surface area contributed by atoms with Crippen molar-refractivity contribution in [3.63, 3.8) is 0 Å². The van der Waals surface area contributed by atoms with Gasteiger partial charge in [0.1, 0.15) is 6.23 Å². The van der Waals surface area contributed by atoms with Crippen molar-refractivity contribution in [2.75, 3.05) is 33.3 Å². The van der Waals surface area contributed by atoms with Gasteiger partial charge >= 0.3 is 6.08 Å². The van der Waals surface area contributed by atoms with Crippen molar-refractivity contribution in [3.8, 4) is 17.2 Å². The highest BCUT2D eigenvalue weighted by Crippen LogP contribution is 2.43. The molecule has 1 aliphatic heterocycles. The normalized spacial score (nSPS) is 16.6. The maximum atomic E-state index is 14.3. The quantitative estimate of drug-likeness (QED) is 0.626. The molecule has 2 aromatic heterocycles. The number of nitrogens with one attached hydrogen (secondary N) is 1. The molecule has 0 saturated carbocycles. The summed E-state index contributed by atoms with van der Waals surface area (Å²) in [7, 11) is 4.56. The molecule has 3 heterocycles. The van der Waals surface area contributed by atoms with E-state index in [1.54, 1.807) is 23.0 Å². The van der Waals surface area contributed by atoms with Crippen LogP contribution >= 0.6 is 0 Å². The zero-order valence-electron chi connectivity index (χ0n) is 16.4. The van der Waals surface area contributed by atoms with Gasteiger partial charge in [0.2, 0.25) is 5.75 Å². The zero-order chi connectivity index (χ0) is 20.4. The van der Waals surface area contributed by atoms with Crippen molar-refractivity contribution in [3.05, 3.63) is 24.5 Å². The number of nitrogens with zero attached hydrogens (tertiary/aromatic N) is 4. The van der Waals surface area contributed by atoms with Crippen LogP contribution in [0.2, 0.25) is 0 Å². The monoisotopic (exact) mass is 403 g/mol. The molecule has 4 rings (SSSR count). The first-order chi connectivity index (χ1) is 14.2. The molecule has 1 atom stereocenters. The minimum Gasteiger partial charge on any atom is -0.493 e. The summed E-state index contributed by atoms with van der Waals surface area (Å²) >= 11 is 0. The second-order valence-corrected chi connectivity index (χ2v) is 6.49. The number of halogens is 1. The molecule has 29 heavy (non-hydrogen) atoms. The van der Waals surface area contributed by atoms with Crippen molar-refractivity contribution >= 4 is 22.7 Å². The van der Waals surface area contributed by atoms with Crippen LogP contribution < -0.4 is 19.5 Å². The van der Waals surface area contributed by atoms with Crippen LogP contribution in [0, 0.1) is 6.08 Å². The topological polar surface area (TPSA) is 92.6 Å². The summed E-state index contributed by atoms with van der Waals surface area (Å²) in [5.41, 5.74) is 1.32. The Labute approximate surface area is 166 Å². The third-order valence-electron chi connectivity index (χ3n) is 4.82. The number of anilines is 2. The van der Waals surface area contributed by atoms with Crippen LogP contribution in [0.1, 0.15) is 25.5 Å². The number of imidazole rings is 1. The average molecular weight is 403 g/mol. The van der Waals surface area contributed by atoms with E-state index in [-0.39, 0.29) is 12.0 Å². The lowest BCUT2D eigenvalue weighted by Gasteiger charge is -2.23. The fraction of sp³-hybridized carbons (Fsp3) is 0.421. The Morgan fingerprint density at radius 1 is 1.10 bits per heavy atom. The SMILES string of the molecule is COc1ccc(Nc2nc(F)nc3c2ncn3C2CCCCO2)c(OC)c1OC. The molecule has 0 amide bonds. The van der Waals surface area contributed by atoms with E-state index in [4.69, 9.17) is 18.9 Å². The number of hydrogen-bond donors (Lipinski definition) is 1. The smallest absolute Gasteiger partial charge is 0.312 e. The predicted octanol–water partition coefficient (Wildman–Crippen LogP) is 3.43. The molecule has 1 N–H and O–H groups in total. The van der Waals surface area contributed by atoms with Gasteiger partial charge in [0, 0.05) is 6.61 Å². The van der Waals surface area contributed by atoms with E-state index in [0.29, 0.717) is 40.7 Å². The van der Waals surface area contributed by atoms with Gasteiger partial charge in [-0.1, -0.05) is 0 Å². The Balaban J connectivity index is 1.76. The first-order valence-corrected chi connectivity index (χ1v) is 9.24. The maximum absolute atomic E-state index is 14.3. The van der Waals surface area contributed by atoms with Crippen LogP contribution in [0.25, 0.3) is 11.2 Å². The van der Waals surface area contributed by atoms with Gasteiger partial charge < -0.3 is 24.3 Å². The number of hydrogen-bond acceptors (Lipinski definition) is 8. The third kappa shape index (κ3) is 3.51. The van der Waals surface area contributed by atoms with Gasteiger partial charge in [0.05, 0.1) is 33.3 Å². The summed E-state index contributed by atoms with van der Waals surface area (Å²) in [5, 5.41) is 3.08. The molecule has 0 spiro atoms. The van der Waals surface area contributed by atoms with Crippen molar-refractivity contribution in [1.29, 1.82) is 0 Å². The molecule has 9 nitrogen and oxygen atoms in total. The fourth-order valence-corrected chi connectivity index (χ4v) is 3.46. The van der Waals surface area contributed by atoms with E-state index < -0.39 is 6.08 Å². The molecule has 1 unspecified atom stereocenters. The summed E-state index contributed by atoms with van der Waals surface area (Å²) in [4.78, 5) is 12.2. The van der Waals surface area contributed by atoms with Crippen molar-refractivity contribution in [1.82, 2.24) is 19.5 Å². The van der Waals surface area contributed by atoms with Gasteiger partial charge in [-0.05, 0) is 31.4 Å². The van der Waals surface area contributed by atoms with E-state index in [2.05, 4.69) is 20.3 Å². The van der Waals surface area contributed by atoms with E-state index in [1.165, 1.54) is 21.3 Å². The molecule has 1 aromatic carbocycles. The van der Waals surface area contributed by atoms with E-state index >= 15 is 0 Å². The van der Waals surface area contributed by atoms with Crippen LogP contribution in [-0.2, 0) is 4.74 Å². The minimum atomic E-state index is -0.864. The van der Waals surface area contributed by atoms with Gasteiger partial charge in [-0.25, -0.2) is 4.98 Å². The van der Waals surface area contributed by atoms with Crippen molar-refractivity contribution in [2.45, 2.75) is 25.5 Å². The summed E-state index contributed by atoms with van der Waals surface area (Å²) < 4.78 is 38.0. The Kier molecular flexibility index (Phi) is 5.34. The van der Waals surface area contributed by atoms with Gasteiger partial charge in [0.25, 0.3) is 0 Å². The van der Waals surface area contributed by atoms with Gasteiger partial charge in [0.15, 0.2) is 28.5 Å². The van der Waals surface area contributed by atoms with Crippen LogP contribution in [-0.4, -0.2) is 47.5 Å². The molecule has 154 valence electrons. The second kappa shape index (κ2) is 8.08. The Hall–Kier alpha value is -3.14. The van der Waals surface area contributed by atoms with Crippen molar-refractivity contribution < 1.29 is 23.3 Å². The van der Waals surface area contributed by atoms with Gasteiger partial charge in [-0.3, -0.25) is 4.57 Å². The molecule has 10 heteroatoms. The first-order valence-electron chi connectivity index (χ1n) is 9.24. The molecule has 1 aliphatic rings.